The molecular formula is C19H30O. The Morgan fingerprint density at radius 2 is 1.65 bits per heavy atom. The highest BCUT2D eigenvalue weighted by Gasteiger charge is 2.04. The first-order chi connectivity index (χ1) is 9.76. The third-order valence-electron chi connectivity index (χ3n) is 3.81. The summed E-state index contributed by atoms with van der Waals surface area (Å²) in [5, 5.41) is 9.99. The molecule has 0 aliphatic rings. The quantitative estimate of drug-likeness (QED) is 0.441. The molecule has 1 atom stereocenters. The maximum Gasteiger partial charge on any atom is 0.0543 e. The third-order valence-corrected chi connectivity index (χ3v) is 3.81. The van der Waals surface area contributed by atoms with Crippen LogP contribution < -0.4 is 0 Å². The molecule has 0 aromatic heterocycles. The van der Waals surface area contributed by atoms with E-state index >= 15 is 0 Å². The second-order valence-electron chi connectivity index (χ2n) is 5.70. The van der Waals surface area contributed by atoms with Crippen molar-refractivity contribution in [2.75, 3.05) is 0 Å². The van der Waals surface area contributed by atoms with E-state index in [4.69, 9.17) is 0 Å². The Bertz CT molecular complexity index is 353. The van der Waals surface area contributed by atoms with Gasteiger partial charge < -0.3 is 5.11 Å². The number of allylic oxidation sites excluding steroid dienone is 1. The molecule has 0 bridgehead atoms. The molecule has 1 aromatic rings. The minimum absolute atomic E-state index is 0.135. The second-order valence-corrected chi connectivity index (χ2v) is 5.70. The van der Waals surface area contributed by atoms with Gasteiger partial charge in [0, 0.05) is 0 Å². The highest BCUT2D eigenvalue weighted by atomic mass is 16.3. The van der Waals surface area contributed by atoms with Crippen LogP contribution in [0, 0.1) is 0 Å². The van der Waals surface area contributed by atoms with E-state index in [2.05, 4.69) is 37.8 Å². The van der Waals surface area contributed by atoms with Crippen molar-refractivity contribution in [2.45, 2.75) is 70.8 Å². The Balaban J connectivity index is 2.16. The van der Waals surface area contributed by atoms with E-state index < -0.39 is 0 Å². The summed E-state index contributed by atoms with van der Waals surface area (Å²) in [5.41, 5.74) is 2.63. The molecule has 0 amide bonds. The summed E-state index contributed by atoms with van der Waals surface area (Å²) in [6.45, 7) is 5.98. The van der Waals surface area contributed by atoms with Crippen molar-refractivity contribution in [3.8, 4) is 0 Å². The van der Waals surface area contributed by atoms with Crippen LogP contribution in [-0.4, -0.2) is 11.2 Å². The molecule has 1 rings (SSSR count). The van der Waals surface area contributed by atoms with Gasteiger partial charge in [0.1, 0.15) is 0 Å². The average Bonchev–Trinajstić information content (AvgIpc) is 2.47. The van der Waals surface area contributed by atoms with Gasteiger partial charge in [-0.3, -0.25) is 0 Å². The number of benzene rings is 1. The van der Waals surface area contributed by atoms with E-state index in [1.807, 2.05) is 6.08 Å². The van der Waals surface area contributed by atoms with E-state index in [0.29, 0.717) is 0 Å². The fraction of sp³-hybridized carbons (Fsp3) is 0.579. The summed E-state index contributed by atoms with van der Waals surface area (Å²) in [4.78, 5) is 0. The zero-order chi connectivity index (χ0) is 14.6. The summed E-state index contributed by atoms with van der Waals surface area (Å²) in [5.74, 6) is 0. The molecule has 0 fully saturated rings. The fourth-order valence-electron chi connectivity index (χ4n) is 2.47. The topological polar surface area (TPSA) is 20.2 Å². The number of hydrogen-bond acceptors (Lipinski definition) is 1. The van der Waals surface area contributed by atoms with Crippen LogP contribution in [-0.2, 0) is 12.8 Å². The van der Waals surface area contributed by atoms with Crippen LogP contribution in [0.25, 0.3) is 0 Å². The molecule has 0 heterocycles. The summed E-state index contributed by atoms with van der Waals surface area (Å²) in [6, 6.07) is 8.67. The number of aliphatic hydroxyl groups is 1. The van der Waals surface area contributed by atoms with Gasteiger partial charge in [-0.05, 0) is 36.8 Å². The number of hydrogen-bond donors (Lipinski definition) is 1. The molecule has 0 saturated heterocycles. The van der Waals surface area contributed by atoms with Gasteiger partial charge in [0.25, 0.3) is 0 Å². The molecule has 0 unspecified atom stereocenters. The Morgan fingerprint density at radius 3 is 2.30 bits per heavy atom. The largest absolute Gasteiger partial charge is 0.393 e. The first-order valence-electron chi connectivity index (χ1n) is 8.13. The van der Waals surface area contributed by atoms with Crippen LogP contribution in [0.3, 0.4) is 0 Å². The molecule has 1 aromatic carbocycles. The molecule has 112 valence electrons. The number of aliphatic hydroxyl groups excluding tert-OH is 1. The lowest BCUT2D eigenvalue weighted by Gasteiger charge is -2.10. The number of unbranched alkanes of at least 4 members (excludes halogenated alkanes) is 4. The Labute approximate surface area is 124 Å². The van der Waals surface area contributed by atoms with Crippen molar-refractivity contribution < 1.29 is 5.11 Å². The van der Waals surface area contributed by atoms with Crippen LogP contribution in [0.2, 0.25) is 0 Å². The van der Waals surface area contributed by atoms with Crippen molar-refractivity contribution >= 4 is 0 Å². The van der Waals surface area contributed by atoms with Gasteiger partial charge in [-0.15, -0.1) is 6.58 Å². The van der Waals surface area contributed by atoms with E-state index in [1.165, 1.54) is 43.2 Å². The van der Waals surface area contributed by atoms with Gasteiger partial charge in [-0.25, -0.2) is 0 Å². The predicted molar refractivity (Wildman–Crippen MR) is 88.0 cm³/mol. The van der Waals surface area contributed by atoms with Crippen LogP contribution >= 0.6 is 0 Å². The second kappa shape index (κ2) is 10.7. The summed E-state index contributed by atoms with van der Waals surface area (Å²) < 4.78 is 0. The molecule has 1 nitrogen and oxygen atoms in total. The Kier molecular flexibility index (Phi) is 9.06. The molecule has 1 N–H and O–H groups in total. The highest BCUT2D eigenvalue weighted by molar-refractivity contribution is 5.24. The zero-order valence-electron chi connectivity index (χ0n) is 13.0. The molecule has 0 saturated carbocycles. The third kappa shape index (κ3) is 7.49. The van der Waals surface area contributed by atoms with Crippen molar-refractivity contribution in [2.24, 2.45) is 0 Å². The molecule has 20 heavy (non-hydrogen) atoms. The lowest BCUT2D eigenvalue weighted by molar-refractivity contribution is 0.151. The maximum atomic E-state index is 9.99. The van der Waals surface area contributed by atoms with E-state index in [9.17, 15) is 5.11 Å². The zero-order valence-corrected chi connectivity index (χ0v) is 13.0. The Hall–Kier alpha value is -1.08. The molecule has 0 radical (unpaired) electrons. The lowest BCUT2D eigenvalue weighted by Crippen LogP contribution is -2.07. The fourth-order valence-corrected chi connectivity index (χ4v) is 2.47. The molecule has 0 spiro atoms. The van der Waals surface area contributed by atoms with Crippen molar-refractivity contribution in [1.29, 1.82) is 0 Å². The van der Waals surface area contributed by atoms with Crippen LogP contribution in [0.1, 0.15) is 63.0 Å². The molecular weight excluding hydrogens is 244 g/mol. The van der Waals surface area contributed by atoms with Crippen LogP contribution in [0.4, 0.5) is 0 Å². The summed E-state index contributed by atoms with van der Waals surface area (Å²) >= 11 is 0. The average molecular weight is 274 g/mol. The van der Waals surface area contributed by atoms with E-state index in [-0.39, 0.29) is 6.10 Å². The summed E-state index contributed by atoms with van der Waals surface area (Å²) in [7, 11) is 0. The van der Waals surface area contributed by atoms with Gasteiger partial charge in [0.05, 0.1) is 6.10 Å². The van der Waals surface area contributed by atoms with E-state index in [0.717, 1.165) is 25.7 Å². The molecule has 0 aliphatic carbocycles. The first kappa shape index (κ1) is 17.0. The van der Waals surface area contributed by atoms with Crippen LogP contribution in [0.15, 0.2) is 36.9 Å². The molecule has 0 aliphatic heterocycles. The van der Waals surface area contributed by atoms with Crippen LogP contribution in [0.5, 0.6) is 0 Å². The van der Waals surface area contributed by atoms with Gasteiger partial charge in [-0.1, -0.05) is 69.4 Å². The van der Waals surface area contributed by atoms with Crippen molar-refractivity contribution in [3.05, 3.63) is 48.0 Å². The number of rotatable bonds is 11. The SMILES string of the molecule is C=CCc1ccc(CC[C@H](O)CCCCCCC)cc1. The predicted octanol–water partition coefficient (Wildman–Crippen LogP) is 5.07. The minimum Gasteiger partial charge on any atom is -0.393 e. The normalized spacial score (nSPS) is 12.3. The minimum atomic E-state index is -0.135. The highest BCUT2D eigenvalue weighted by Crippen LogP contribution is 2.13. The smallest absolute Gasteiger partial charge is 0.0543 e. The first-order valence-corrected chi connectivity index (χ1v) is 8.13. The monoisotopic (exact) mass is 274 g/mol. The lowest BCUT2D eigenvalue weighted by atomic mass is 10.0. The maximum absolute atomic E-state index is 9.99. The Morgan fingerprint density at radius 1 is 1.00 bits per heavy atom. The van der Waals surface area contributed by atoms with Gasteiger partial charge in [0.15, 0.2) is 0 Å². The number of aryl methyl sites for hydroxylation is 1. The molecule has 1 heteroatoms. The van der Waals surface area contributed by atoms with E-state index in [1.54, 1.807) is 0 Å². The van der Waals surface area contributed by atoms with Crippen molar-refractivity contribution in [3.63, 3.8) is 0 Å². The van der Waals surface area contributed by atoms with Crippen molar-refractivity contribution in [1.82, 2.24) is 0 Å². The van der Waals surface area contributed by atoms with Gasteiger partial charge in [-0.2, -0.15) is 0 Å². The van der Waals surface area contributed by atoms with Gasteiger partial charge in [0.2, 0.25) is 0 Å². The summed E-state index contributed by atoms with van der Waals surface area (Å²) in [6.07, 6.45) is 11.9. The standard InChI is InChI=1S/C19H30O/c1-3-5-6-7-8-10-19(20)16-15-18-13-11-17(9-4-2)12-14-18/h4,11-14,19-20H,2-3,5-10,15-16H2,1H3/t19-/m1/s1. The van der Waals surface area contributed by atoms with Gasteiger partial charge >= 0.3 is 0 Å².